The van der Waals surface area contributed by atoms with Crippen LogP contribution in [0.5, 0.6) is 5.75 Å². The van der Waals surface area contributed by atoms with Crippen LogP contribution >= 0.6 is 11.6 Å². The summed E-state index contributed by atoms with van der Waals surface area (Å²) in [7, 11) is 1.96. The number of aryl methyl sites for hydroxylation is 4. The smallest absolute Gasteiger partial charge is 0.355 e. The molecule has 7 nitrogen and oxygen atoms in total. The molecule has 1 saturated heterocycles. The van der Waals surface area contributed by atoms with E-state index in [1.165, 1.54) is 0 Å². The lowest BCUT2D eigenvalue weighted by Crippen LogP contribution is -2.29. The number of rotatable bonds is 10. The van der Waals surface area contributed by atoms with E-state index in [1.54, 1.807) is 0 Å². The predicted octanol–water partition coefficient (Wildman–Crippen LogP) is 8.82. The Balaban J connectivity index is 1.45. The number of carbonyl (C=O) groups excluding carboxylic acids is 1. The molecule has 0 saturated carbocycles. The first-order chi connectivity index (χ1) is 22.5. The van der Waals surface area contributed by atoms with Gasteiger partial charge < -0.3 is 19.4 Å². The second-order valence-electron chi connectivity index (χ2n) is 13.9. The summed E-state index contributed by atoms with van der Waals surface area (Å²) in [6.07, 6.45) is 4.63. The number of halogens is 1. The summed E-state index contributed by atoms with van der Waals surface area (Å²) in [5.41, 5.74) is 5.85. The van der Waals surface area contributed by atoms with Crippen LogP contribution in [0.1, 0.15) is 73.9 Å². The van der Waals surface area contributed by atoms with E-state index in [-0.39, 0.29) is 5.97 Å². The molecule has 1 aliphatic heterocycles. The molecular formula is C39H47ClN4O3. The van der Waals surface area contributed by atoms with Crippen LogP contribution in [0, 0.1) is 19.8 Å². The normalized spacial score (nSPS) is 14.3. The predicted molar refractivity (Wildman–Crippen MR) is 192 cm³/mol. The van der Waals surface area contributed by atoms with Gasteiger partial charge in [-0.1, -0.05) is 54.1 Å². The van der Waals surface area contributed by atoms with Crippen molar-refractivity contribution >= 4 is 39.2 Å². The van der Waals surface area contributed by atoms with Crippen LogP contribution in [-0.2, 0) is 24.8 Å². The van der Waals surface area contributed by atoms with Crippen molar-refractivity contribution in [1.29, 1.82) is 0 Å². The van der Waals surface area contributed by atoms with E-state index in [0.29, 0.717) is 36.2 Å². The number of esters is 1. The van der Waals surface area contributed by atoms with Gasteiger partial charge in [0.25, 0.3) is 0 Å². The lowest BCUT2D eigenvalue weighted by Gasteiger charge is -2.24. The molecule has 0 atom stereocenters. The highest BCUT2D eigenvalue weighted by Crippen LogP contribution is 2.43. The number of benzene rings is 3. The second kappa shape index (κ2) is 13.7. The Morgan fingerprint density at radius 1 is 1.00 bits per heavy atom. The van der Waals surface area contributed by atoms with Gasteiger partial charge in [0.15, 0.2) is 0 Å². The number of ether oxygens (including phenoxy) is 2. The highest BCUT2D eigenvalue weighted by molar-refractivity contribution is 6.35. The molecule has 1 fully saturated rings. The molecule has 3 heterocycles. The summed E-state index contributed by atoms with van der Waals surface area (Å²) in [6, 6.07) is 18.5. The van der Waals surface area contributed by atoms with E-state index in [4.69, 9.17) is 26.2 Å². The van der Waals surface area contributed by atoms with Gasteiger partial charge in [-0.25, -0.2) is 4.79 Å². The topological polar surface area (TPSA) is 70.3 Å². The number of hydrogen-bond donors (Lipinski definition) is 1. The molecule has 0 radical (unpaired) electrons. The van der Waals surface area contributed by atoms with Gasteiger partial charge in [0, 0.05) is 41.2 Å². The second-order valence-corrected chi connectivity index (χ2v) is 14.3. The molecule has 3 aromatic carbocycles. The standard InChI is InChI=1S/C39H47ClN4O3/c1-25-34(26(2)43(6)42-25)35-32(40)17-16-31-30(14-10-24-46-33-15-9-12-28-11-7-8-13-29(28)33)37(38(45)47-39(3,4)5)44(36(31)35)23-20-27-18-21-41-22-19-27/h7-9,11-13,15-17,27,41H,10,14,18-24H2,1-6H3. The Morgan fingerprint density at radius 3 is 2.47 bits per heavy atom. The average Bonchev–Trinajstić information content (AvgIpc) is 3.49. The zero-order valence-corrected chi connectivity index (χ0v) is 29.3. The summed E-state index contributed by atoms with van der Waals surface area (Å²) in [6.45, 7) is 13.2. The Kier molecular flexibility index (Phi) is 9.67. The molecule has 0 bridgehead atoms. The van der Waals surface area contributed by atoms with E-state index >= 15 is 0 Å². The Hall–Kier alpha value is -3.81. The minimum atomic E-state index is -0.640. The molecule has 0 unspecified atom stereocenters. The number of nitrogens with zero attached hydrogens (tertiary/aromatic N) is 3. The Labute approximate surface area is 283 Å². The lowest BCUT2D eigenvalue weighted by atomic mass is 9.94. The van der Waals surface area contributed by atoms with Crippen LogP contribution in [0.3, 0.4) is 0 Å². The maximum Gasteiger partial charge on any atom is 0.355 e. The van der Waals surface area contributed by atoms with E-state index < -0.39 is 5.60 Å². The summed E-state index contributed by atoms with van der Waals surface area (Å²) in [4.78, 5) is 14.3. The van der Waals surface area contributed by atoms with Crippen molar-refractivity contribution in [3.8, 4) is 16.9 Å². The summed E-state index contributed by atoms with van der Waals surface area (Å²) >= 11 is 7.11. The maximum atomic E-state index is 14.3. The van der Waals surface area contributed by atoms with Gasteiger partial charge in [0.05, 0.1) is 22.8 Å². The highest BCUT2D eigenvalue weighted by Gasteiger charge is 2.31. The summed E-state index contributed by atoms with van der Waals surface area (Å²) in [5.74, 6) is 1.16. The fourth-order valence-electron chi connectivity index (χ4n) is 7.14. The van der Waals surface area contributed by atoms with Crippen molar-refractivity contribution in [1.82, 2.24) is 19.7 Å². The van der Waals surface area contributed by atoms with E-state index in [9.17, 15) is 4.79 Å². The van der Waals surface area contributed by atoms with E-state index in [2.05, 4.69) is 41.1 Å². The van der Waals surface area contributed by atoms with Gasteiger partial charge in [-0.3, -0.25) is 4.68 Å². The molecule has 47 heavy (non-hydrogen) atoms. The SMILES string of the molecule is Cc1nn(C)c(C)c1-c1c(Cl)ccc2c(CCCOc3cccc4ccccc34)c(C(=O)OC(C)(C)C)n(CCC3CCNCC3)c12. The van der Waals surface area contributed by atoms with Crippen molar-refractivity contribution in [2.75, 3.05) is 19.7 Å². The van der Waals surface area contributed by atoms with Crippen LogP contribution in [0.25, 0.3) is 32.8 Å². The van der Waals surface area contributed by atoms with Gasteiger partial charge in [-0.2, -0.15) is 5.10 Å². The monoisotopic (exact) mass is 654 g/mol. The van der Waals surface area contributed by atoms with Crippen LogP contribution in [0.15, 0.2) is 54.6 Å². The molecule has 248 valence electrons. The minimum absolute atomic E-state index is 0.300. The molecule has 2 aromatic heterocycles. The number of carbonyl (C=O) groups is 1. The zero-order chi connectivity index (χ0) is 33.3. The number of aromatic nitrogens is 3. The molecule has 5 aromatic rings. The molecule has 0 aliphatic carbocycles. The largest absolute Gasteiger partial charge is 0.493 e. The fraction of sp³-hybridized carbons (Fsp3) is 0.436. The van der Waals surface area contributed by atoms with Crippen molar-refractivity contribution in [2.24, 2.45) is 13.0 Å². The molecule has 1 N–H and O–H groups in total. The van der Waals surface area contributed by atoms with Gasteiger partial charge in [-0.05, 0) is 109 Å². The third-order valence-corrected chi connectivity index (χ3v) is 9.74. The van der Waals surface area contributed by atoms with Crippen molar-refractivity contribution < 1.29 is 14.3 Å². The van der Waals surface area contributed by atoms with E-state index in [1.807, 2.05) is 69.8 Å². The van der Waals surface area contributed by atoms with Gasteiger partial charge in [0.2, 0.25) is 0 Å². The van der Waals surface area contributed by atoms with Crippen LogP contribution in [0.4, 0.5) is 0 Å². The van der Waals surface area contributed by atoms with E-state index in [0.717, 1.165) is 94.3 Å². The Bertz CT molecular complexity index is 1900. The molecule has 6 rings (SSSR count). The van der Waals surface area contributed by atoms with Crippen molar-refractivity contribution in [3.05, 3.63) is 82.3 Å². The first kappa shape index (κ1) is 33.1. The highest BCUT2D eigenvalue weighted by atomic mass is 35.5. The number of fused-ring (bicyclic) bond motifs is 2. The third kappa shape index (κ3) is 6.93. The molecule has 0 spiro atoms. The van der Waals surface area contributed by atoms with Gasteiger partial charge >= 0.3 is 5.97 Å². The quantitative estimate of drug-likeness (QED) is 0.120. The minimum Gasteiger partial charge on any atom is -0.493 e. The average molecular weight is 655 g/mol. The fourth-order valence-corrected chi connectivity index (χ4v) is 7.38. The molecule has 0 amide bonds. The molecule has 8 heteroatoms. The third-order valence-electron chi connectivity index (χ3n) is 9.43. The van der Waals surface area contributed by atoms with Crippen LogP contribution < -0.4 is 10.1 Å². The Morgan fingerprint density at radius 2 is 1.74 bits per heavy atom. The van der Waals surface area contributed by atoms with Crippen LogP contribution in [-0.4, -0.2) is 45.6 Å². The maximum absolute atomic E-state index is 14.3. The van der Waals surface area contributed by atoms with Crippen molar-refractivity contribution in [3.63, 3.8) is 0 Å². The first-order valence-electron chi connectivity index (χ1n) is 16.9. The molecular weight excluding hydrogens is 608 g/mol. The number of piperidine rings is 1. The zero-order valence-electron chi connectivity index (χ0n) is 28.6. The summed E-state index contributed by atoms with van der Waals surface area (Å²) < 4.78 is 16.6. The van der Waals surface area contributed by atoms with Crippen LogP contribution in [0.2, 0.25) is 5.02 Å². The van der Waals surface area contributed by atoms with Crippen molar-refractivity contribution in [2.45, 2.75) is 78.9 Å². The van der Waals surface area contributed by atoms with Gasteiger partial charge in [0.1, 0.15) is 17.0 Å². The number of nitrogens with one attached hydrogen (secondary N) is 1. The summed E-state index contributed by atoms with van der Waals surface area (Å²) in [5, 5.41) is 12.2. The van der Waals surface area contributed by atoms with Gasteiger partial charge in [-0.15, -0.1) is 0 Å². The molecule has 1 aliphatic rings. The first-order valence-corrected chi connectivity index (χ1v) is 17.3. The number of hydrogen-bond acceptors (Lipinski definition) is 5. The lowest BCUT2D eigenvalue weighted by molar-refractivity contribution is 0.00563.